The Balaban J connectivity index is 2.57. The average Bonchev–Trinajstić information content (AvgIpc) is 2.58. The number of anilines is 1. The molecule has 0 unspecified atom stereocenters. The molecule has 0 fully saturated rings. The summed E-state index contributed by atoms with van der Waals surface area (Å²) < 4.78 is 47.7. The van der Waals surface area contributed by atoms with E-state index in [1.54, 1.807) is 7.11 Å². The molecule has 0 atom stereocenters. The van der Waals surface area contributed by atoms with Crippen LogP contribution in [0.3, 0.4) is 0 Å². The Morgan fingerprint density at radius 1 is 1.26 bits per heavy atom. The molecule has 6 nitrogen and oxygen atoms in total. The van der Waals surface area contributed by atoms with Gasteiger partial charge in [0.05, 0.1) is 19.7 Å². The maximum Gasteiger partial charge on any atom is 0.401 e. The largest absolute Gasteiger partial charge is 0.493 e. The lowest BCUT2D eigenvalue weighted by atomic mass is 10.3. The number of methoxy groups -OCH3 is 1. The summed E-state index contributed by atoms with van der Waals surface area (Å²) in [5, 5.41) is 6.21. The van der Waals surface area contributed by atoms with Crippen LogP contribution in [0.5, 0.6) is 5.75 Å². The highest BCUT2D eigenvalue weighted by Crippen LogP contribution is 2.17. The number of rotatable bonds is 11. The van der Waals surface area contributed by atoms with E-state index in [0.29, 0.717) is 25.7 Å². The number of nitrogens with one attached hydrogen (secondary N) is 2. The van der Waals surface area contributed by atoms with Crippen molar-refractivity contribution in [1.82, 2.24) is 10.2 Å². The van der Waals surface area contributed by atoms with E-state index >= 15 is 0 Å². The van der Waals surface area contributed by atoms with E-state index in [1.165, 1.54) is 11.9 Å². The second kappa shape index (κ2) is 12.4. The summed E-state index contributed by atoms with van der Waals surface area (Å²) >= 11 is 0. The lowest BCUT2D eigenvalue weighted by Gasteiger charge is -2.18. The molecular weight excluding hydrogens is 361 g/mol. The zero-order valence-corrected chi connectivity index (χ0v) is 16.1. The molecule has 1 rings (SSSR count). The summed E-state index contributed by atoms with van der Waals surface area (Å²) in [5.74, 6) is 1.23. The molecule has 0 aromatic heterocycles. The van der Waals surface area contributed by atoms with Crippen molar-refractivity contribution in [2.45, 2.75) is 19.5 Å². The molecule has 0 aliphatic carbocycles. The third kappa shape index (κ3) is 11.3. The zero-order chi connectivity index (χ0) is 20.1. The number of benzene rings is 1. The molecule has 0 spiro atoms. The number of halogens is 3. The molecule has 0 heterocycles. The van der Waals surface area contributed by atoms with Gasteiger partial charge < -0.3 is 20.1 Å². The molecule has 0 aliphatic heterocycles. The topological polar surface area (TPSA) is 58.1 Å². The summed E-state index contributed by atoms with van der Waals surface area (Å²) in [4.78, 5) is 5.52. The summed E-state index contributed by atoms with van der Waals surface area (Å²) in [6.45, 7) is 3.25. The van der Waals surface area contributed by atoms with Gasteiger partial charge >= 0.3 is 6.18 Å². The van der Waals surface area contributed by atoms with Crippen molar-refractivity contribution in [2.24, 2.45) is 4.99 Å². The number of alkyl halides is 3. The Morgan fingerprint density at radius 2 is 2.04 bits per heavy atom. The van der Waals surface area contributed by atoms with E-state index in [-0.39, 0.29) is 13.1 Å². The van der Waals surface area contributed by atoms with Gasteiger partial charge in [-0.2, -0.15) is 13.2 Å². The molecule has 0 saturated heterocycles. The fourth-order valence-corrected chi connectivity index (χ4v) is 2.22. The van der Waals surface area contributed by atoms with Crippen LogP contribution >= 0.6 is 0 Å². The van der Waals surface area contributed by atoms with Crippen molar-refractivity contribution >= 4 is 11.6 Å². The van der Waals surface area contributed by atoms with Gasteiger partial charge in [0, 0.05) is 45.0 Å². The minimum atomic E-state index is -4.20. The molecule has 1 aromatic carbocycles. The third-order valence-electron chi connectivity index (χ3n) is 3.40. The highest BCUT2D eigenvalue weighted by atomic mass is 19.4. The number of likely N-dealkylation sites (N-methyl/N-ethyl adjacent to an activating group) is 1. The van der Waals surface area contributed by atoms with Gasteiger partial charge in [-0.1, -0.05) is 6.07 Å². The molecule has 0 amide bonds. The van der Waals surface area contributed by atoms with Crippen molar-refractivity contribution in [2.75, 3.05) is 58.9 Å². The van der Waals surface area contributed by atoms with Gasteiger partial charge in [-0.3, -0.25) is 9.89 Å². The minimum absolute atomic E-state index is 0.207. The van der Waals surface area contributed by atoms with E-state index in [0.717, 1.165) is 17.9 Å². The van der Waals surface area contributed by atoms with Gasteiger partial charge in [0.1, 0.15) is 5.75 Å². The lowest BCUT2D eigenvalue weighted by molar-refractivity contribution is -0.142. The lowest BCUT2D eigenvalue weighted by Crippen LogP contribution is -2.34. The first-order chi connectivity index (χ1) is 12.8. The first kappa shape index (κ1) is 23.0. The Morgan fingerprint density at radius 3 is 2.70 bits per heavy atom. The smallest absolute Gasteiger partial charge is 0.401 e. The van der Waals surface area contributed by atoms with Gasteiger partial charge in [0.15, 0.2) is 5.96 Å². The molecule has 0 radical (unpaired) electrons. The Bertz CT molecular complexity index is 568. The summed E-state index contributed by atoms with van der Waals surface area (Å²) in [5.41, 5.74) is 0.780. The fraction of sp³-hybridized carbons (Fsp3) is 0.611. The maximum absolute atomic E-state index is 12.3. The quantitative estimate of drug-likeness (QED) is 0.346. The molecule has 27 heavy (non-hydrogen) atoms. The van der Waals surface area contributed by atoms with Gasteiger partial charge in [-0.05, 0) is 26.1 Å². The average molecular weight is 390 g/mol. The maximum atomic E-state index is 12.3. The summed E-state index contributed by atoms with van der Waals surface area (Å²) in [7, 11) is 3.07. The minimum Gasteiger partial charge on any atom is -0.493 e. The van der Waals surface area contributed by atoms with Crippen LogP contribution in [0.1, 0.15) is 13.3 Å². The van der Waals surface area contributed by atoms with Crippen molar-refractivity contribution in [3.63, 3.8) is 0 Å². The number of aliphatic imine (C=N–C) groups is 1. The molecule has 0 saturated carbocycles. The van der Waals surface area contributed by atoms with Crippen LogP contribution in [-0.2, 0) is 4.74 Å². The van der Waals surface area contributed by atoms with Gasteiger partial charge in [0.25, 0.3) is 0 Å². The molecular formula is C18H29F3N4O2. The molecule has 0 bridgehead atoms. The number of nitrogens with zero attached hydrogens (tertiary/aromatic N) is 2. The normalized spacial score (nSPS) is 12.3. The van der Waals surface area contributed by atoms with Crippen LogP contribution in [0, 0.1) is 0 Å². The molecule has 1 aromatic rings. The fourth-order valence-electron chi connectivity index (χ4n) is 2.22. The first-order valence-electron chi connectivity index (χ1n) is 8.86. The molecule has 9 heteroatoms. The van der Waals surface area contributed by atoms with Crippen molar-refractivity contribution in [1.29, 1.82) is 0 Å². The van der Waals surface area contributed by atoms with Gasteiger partial charge in [-0.15, -0.1) is 0 Å². The molecule has 154 valence electrons. The SMILES string of the molecule is CCNC(=NCCN(C)CC(F)(F)F)Nc1cccc(OCCCOC)c1. The zero-order valence-electron chi connectivity index (χ0n) is 16.1. The van der Waals surface area contributed by atoms with Crippen molar-refractivity contribution in [3.8, 4) is 5.75 Å². The van der Waals surface area contributed by atoms with Crippen LogP contribution in [0.25, 0.3) is 0 Å². The van der Waals surface area contributed by atoms with Crippen LogP contribution in [-0.4, -0.2) is 70.6 Å². The van der Waals surface area contributed by atoms with Gasteiger partial charge in [-0.25, -0.2) is 0 Å². The van der Waals surface area contributed by atoms with Crippen LogP contribution in [0.2, 0.25) is 0 Å². The van der Waals surface area contributed by atoms with E-state index in [1.807, 2.05) is 31.2 Å². The molecule has 2 N–H and O–H groups in total. The second-order valence-corrected chi connectivity index (χ2v) is 5.96. The van der Waals surface area contributed by atoms with Crippen LogP contribution in [0.4, 0.5) is 18.9 Å². The predicted octanol–water partition coefficient (Wildman–Crippen LogP) is 2.97. The Labute approximate surface area is 158 Å². The van der Waals surface area contributed by atoms with Crippen molar-refractivity contribution < 1.29 is 22.6 Å². The number of guanidine groups is 1. The van der Waals surface area contributed by atoms with Gasteiger partial charge in [0.2, 0.25) is 0 Å². The summed E-state index contributed by atoms with van der Waals surface area (Å²) in [6, 6.07) is 7.42. The number of hydrogen-bond donors (Lipinski definition) is 2. The second-order valence-electron chi connectivity index (χ2n) is 5.96. The standard InChI is InChI=1S/C18H29F3N4O2/c1-4-22-17(23-9-10-25(2)14-18(19,20)21)24-15-7-5-8-16(13-15)27-12-6-11-26-3/h5,7-8,13H,4,6,9-12,14H2,1-3H3,(H2,22,23,24). The highest BCUT2D eigenvalue weighted by Gasteiger charge is 2.28. The van der Waals surface area contributed by atoms with E-state index in [4.69, 9.17) is 9.47 Å². The first-order valence-corrected chi connectivity index (χ1v) is 8.86. The summed E-state index contributed by atoms with van der Waals surface area (Å²) in [6.07, 6.45) is -3.41. The Kier molecular flexibility index (Phi) is 10.6. The highest BCUT2D eigenvalue weighted by molar-refractivity contribution is 5.93. The van der Waals surface area contributed by atoms with E-state index in [9.17, 15) is 13.2 Å². The van der Waals surface area contributed by atoms with Crippen LogP contribution < -0.4 is 15.4 Å². The molecule has 0 aliphatic rings. The Hall–Kier alpha value is -2.00. The third-order valence-corrected chi connectivity index (χ3v) is 3.40. The van der Waals surface area contributed by atoms with Crippen molar-refractivity contribution in [3.05, 3.63) is 24.3 Å². The van der Waals surface area contributed by atoms with Crippen LogP contribution in [0.15, 0.2) is 29.3 Å². The predicted molar refractivity (Wildman–Crippen MR) is 102 cm³/mol. The number of ether oxygens (including phenoxy) is 2. The van der Waals surface area contributed by atoms with E-state index in [2.05, 4.69) is 15.6 Å². The van der Waals surface area contributed by atoms with E-state index < -0.39 is 12.7 Å². The number of hydrogen-bond acceptors (Lipinski definition) is 4. The monoisotopic (exact) mass is 390 g/mol.